The standard InChI is InChI=1S/C17H19ClN4O2/c1-11-13(18)5-2-6-14(11)21-16(23)15-7-8-19-17(22-15)20-10-12-4-3-9-24-12/h2,5-8,12H,3-4,9-10H2,1H3,(H,21,23)(H,19,20,22). The zero-order chi connectivity index (χ0) is 16.9. The molecule has 1 aromatic heterocycles. The fraction of sp³-hybridized carbons (Fsp3) is 0.353. The first-order valence-electron chi connectivity index (χ1n) is 7.88. The summed E-state index contributed by atoms with van der Waals surface area (Å²) in [6, 6.07) is 6.95. The lowest BCUT2D eigenvalue weighted by molar-refractivity contribution is 0.102. The van der Waals surface area contributed by atoms with Gasteiger partial charge >= 0.3 is 0 Å². The van der Waals surface area contributed by atoms with Crippen molar-refractivity contribution in [2.45, 2.75) is 25.9 Å². The van der Waals surface area contributed by atoms with Crippen LogP contribution >= 0.6 is 11.6 Å². The summed E-state index contributed by atoms with van der Waals surface area (Å²) in [7, 11) is 0. The maximum Gasteiger partial charge on any atom is 0.274 e. The summed E-state index contributed by atoms with van der Waals surface area (Å²) in [5.41, 5.74) is 1.78. The first-order valence-corrected chi connectivity index (χ1v) is 8.26. The van der Waals surface area contributed by atoms with Crippen LogP contribution in [-0.4, -0.2) is 35.1 Å². The van der Waals surface area contributed by atoms with E-state index in [1.165, 1.54) is 0 Å². The molecular formula is C17H19ClN4O2. The first-order chi connectivity index (χ1) is 11.6. The van der Waals surface area contributed by atoms with Crippen LogP contribution in [0.15, 0.2) is 30.5 Å². The number of anilines is 2. The second kappa shape index (κ2) is 7.59. The first kappa shape index (κ1) is 16.7. The van der Waals surface area contributed by atoms with Crippen molar-refractivity contribution in [2.24, 2.45) is 0 Å². The van der Waals surface area contributed by atoms with Crippen molar-refractivity contribution in [3.63, 3.8) is 0 Å². The Labute approximate surface area is 145 Å². The molecule has 1 aliphatic heterocycles. The number of benzene rings is 1. The molecule has 2 heterocycles. The lowest BCUT2D eigenvalue weighted by Gasteiger charge is -2.12. The molecule has 7 heteroatoms. The van der Waals surface area contributed by atoms with E-state index in [1.54, 1.807) is 30.5 Å². The molecule has 1 aromatic carbocycles. The number of carbonyl (C=O) groups is 1. The Hall–Kier alpha value is -2.18. The van der Waals surface area contributed by atoms with Gasteiger partial charge in [-0.3, -0.25) is 4.79 Å². The fourth-order valence-electron chi connectivity index (χ4n) is 2.51. The van der Waals surface area contributed by atoms with Gasteiger partial charge in [-0.2, -0.15) is 0 Å². The molecule has 1 fully saturated rings. The van der Waals surface area contributed by atoms with E-state index in [-0.39, 0.29) is 12.0 Å². The zero-order valence-electron chi connectivity index (χ0n) is 13.4. The minimum absolute atomic E-state index is 0.181. The fourth-order valence-corrected chi connectivity index (χ4v) is 2.68. The lowest BCUT2D eigenvalue weighted by atomic mass is 10.2. The van der Waals surface area contributed by atoms with Crippen LogP contribution in [0.25, 0.3) is 0 Å². The van der Waals surface area contributed by atoms with Gasteiger partial charge in [0.1, 0.15) is 5.69 Å². The van der Waals surface area contributed by atoms with E-state index in [9.17, 15) is 4.79 Å². The van der Waals surface area contributed by atoms with Gasteiger partial charge in [-0.1, -0.05) is 17.7 Å². The van der Waals surface area contributed by atoms with Gasteiger partial charge in [-0.05, 0) is 43.5 Å². The summed E-state index contributed by atoms with van der Waals surface area (Å²) in [6.07, 6.45) is 3.85. The van der Waals surface area contributed by atoms with Gasteiger partial charge in [0.2, 0.25) is 5.95 Å². The molecule has 1 atom stereocenters. The minimum Gasteiger partial charge on any atom is -0.376 e. The predicted octanol–water partition coefficient (Wildman–Crippen LogP) is 3.28. The van der Waals surface area contributed by atoms with E-state index in [0.29, 0.717) is 28.9 Å². The normalized spacial score (nSPS) is 16.8. The number of hydrogen-bond acceptors (Lipinski definition) is 5. The molecule has 0 saturated carbocycles. The molecule has 126 valence electrons. The molecule has 2 N–H and O–H groups in total. The molecule has 0 radical (unpaired) electrons. The Morgan fingerprint density at radius 1 is 1.42 bits per heavy atom. The van der Waals surface area contributed by atoms with E-state index in [0.717, 1.165) is 25.0 Å². The Morgan fingerprint density at radius 2 is 2.29 bits per heavy atom. The summed E-state index contributed by atoms with van der Waals surface area (Å²) in [5.74, 6) is 0.115. The second-order valence-electron chi connectivity index (χ2n) is 5.65. The van der Waals surface area contributed by atoms with Crippen LogP contribution in [0.2, 0.25) is 5.02 Å². The summed E-state index contributed by atoms with van der Waals surface area (Å²) in [5, 5.41) is 6.55. The van der Waals surface area contributed by atoms with Crippen molar-refractivity contribution in [3.05, 3.63) is 46.7 Å². The molecule has 0 bridgehead atoms. The van der Waals surface area contributed by atoms with E-state index in [2.05, 4.69) is 20.6 Å². The predicted molar refractivity (Wildman–Crippen MR) is 93.6 cm³/mol. The summed E-state index contributed by atoms with van der Waals surface area (Å²) in [6.45, 7) is 3.29. The molecular weight excluding hydrogens is 328 g/mol. The number of ether oxygens (including phenoxy) is 1. The molecule has 2 aromatic rings. The maximum absolute atomic E-state index is 12.4. The molecule has 3 rings (SSSR count). The molecule has 1 amide bonds. The molecule has 1 aliphatic rings. The summed E-state index contributed by atoms with van der Waals surface area (Å²) >= 11 is 6.07. The van der Waals surface area contributed by atoms with Crippen LogP contribution < -0.4 is 10.6 Å². The van der Waals surface area contributed by atoms with Gasteiger partial charge in [0.15, 0.2) is 0 Å². The summed E-state index contributed by atoms with van der Waals surface area (Å²) in [4.78, 5) is 20.8. The summed E-state index contributed by atoms with van der Waals surface area (Å²) < 4.78 is 5.55. The number of nitrogens with zero attached hydrogens (tertiary/aromatic N) is 2. The van der Waals surface area contributed by atoms with Crippen LogP contribution in [0.1, 0.15) is 28.9 Å². The molecule has 0 spiro atoms. The lowest BCUT2D eigenvalue weighted by Crippen LogP contribution is -2.21. The Morgan fingerprint density at radius 3 is 3.08 bits per heavy atom. The third-order valence-electron chi connectivity index (χ3n) is 3.92. The van der Waals surface area contributed by atoms with Crippen LogP contribution in [0.4, 0.5) is 11.6 Å². The SMILES string of the molecule is Cc1c(Cl)cccc1NC(=O)c1ccnc(NCC2CCCO2)n1. The van der Waals surface area contributed by atoms with E-state index >= 15 is 0 Å². The number of nitrogens with one attached hydrogen (secondary N) is 2. The monoisotopic (exact) mass is 346 g/mol. The number of hydrogen-bond donors (Lipinski definition) is 2. The van der Waals surface area contributed by atoms with Gasteiger partial charge in [0, 0.05) is 30.1 Å². The highest BCUT2D eigenvalue weighted by molar-refractivity contribution is 6.31. The largest absolute Gasteiger partial charge is 0.376 e. The van der Waals surface area contributed by atoms with Crippen LogP contribution in [0.3, 0.4) is 0 Å². The van der Waals surface area contributed by atoms with Gasteiger partial charge in [0.05, 0.1) is 6.10 Å². The van der Waals surface area contributed by atoms with E-state index in [4.69, 9.17) is 16.3 Å². The third-order valence-corrected chi connectivity index (χ3v) is 4.33. The van der Waals surface area contributed by atoms with Crippen molar-refractivity contribution < 1.29 is 9.53 Å². The van der Waals surface area contributed by atoms with Gasteiger partial charge in [-0.15, -0.1) is 0 Å². The zero-order valence-corrected chi connectivity index (χ0v) is 14.1. The highest BCUT2D eigenvalue weighted by Crippen LogP contribution is 2.23. The molecule has 1 saturated heterocycles. The van der Waals surface area contributed by atoms with Crippen molar-refractivity contribution in [3.8, 4) is 0 Å². The van der Waals surface area contributed by atoms with Gasteiger partial charge in [0.25, 0.3) is 5.91 Å². The van der Waals surface area contributed by atoms with Crippen molar-refractivity contribution in [1.82, 2.24) is 9.97 Å². The van der Waals surface area contributed by atoms with Crippen molar-refractivity contribution >= 4 is 29.1 Å². The van der Waals surface area contributed by atoms with Crippen LogP contribution in [-0.2, 0) is 4.74 Å². The molecule has 1 unspecified atom stereocenters. The molecule has 0 aliphatic carbocycles. The van der Waals surface area contributed by atoms with E-state index in [1.807, 2.05) is 6.92 Å². The third kappa shape index (κ3) is 4.01. The van der Waals surface area contributed by atoms with Crippen LogP contribution in [0, 0.1) is 6.92 Å². The van der Waals surface area contributed by atoms with Gasteiger partial charge < -0.3 is 15.4 Å². The number of carbonyl (C=O) groups excluding carboxylic acids is 1. The highest BCUT2D eigenvalue weighted by Gasteiger charge is 2.16. The Balaban J connectivity index is 1.66. The quantitative estimate of drug-likeness (QED) is 0.868. The average Bonchev–Trinajstić information content (AvgIpc) is 3.11. The molecule has 6 nitrogen and oxygen atoms in total. The Kier molecular flexibility index (Phi) is 5.27. The number of aromatic nitrogens is 2. The highest BCUT2D eigenvalue weighted by atomic mass is 35.5. The maximum atomic E-state index is 12.4. The minimum atomic E-state index is -0.303. The second-order valence-corrected chi connectivity index (χ2v) is 6.06. The number of rotatable bonds is 5. The number of amides is 1. The van der Waals surface area contributed by atoms with Crippen LogP contribution in [0.5, 0.6) is 0 Å². The van der Waals surface area contributed by atoms with Crippen molar-refractivity contribution in [2.75, 3.05) is 23.8 Å². The van der Waals surface area contributed by atoms with Crippen molar-refractivity contribution in [1.29, 1.82) is 0 Å². The van der Waals surface area contributed by atoms with Gasteiger partial charge in [-0.25, -0.2) is 9.97 Å². The Bertz CT molecular complexity index is 732. The number of halogens is 1. The topological polar surface area (TPSA) is 76.1 Å². The van der Waals surface area contributed by atoms with E-state index < -0.39 is 0 Å². The molecule has 24 heavy (non-hydrogen) atoms. The smallest absolute Gasteiger partial charge is 0.274 e. The average molecular weight is 347 g/mol.